The molecule has 2 aromatic rings. The second kappa shape index (κ2) is 41.3. The fraction of sp³-hybridized carbons (Fsp3) is 0.661. The molecule has 1 aliphatic heterocycles. The molecule has 3 rings (SSSR count). The number of Topliss-reactive ketones (excluding diaryl/α,β-unsaturated/α-hetero) is 1. The molecule has 6 atom stereocenters. The Morgan fingerprint density at radius 2 is 1.08 bits per heavy atom. The molecular weight excluding hydrogens is 1160 g/mol. The maximum Gasteiger partial charge on any atom is 0.243 e. The monoisotopic (exact) mass is 1250 g/mol. The quantitative estimate of drug-likeness (QED) is 0.0181. The minimum Gasteiger partial charge on any atom is -0.370 e. The second-order valence-electron chi connectivity index (χ2n) is 21.8. The highest BCUT2D eigenvalue weighted by atomic mass is 19.1. The number of carbonyl (C=O) groups is 10. The molecule has 1 fully saturated rings. The van der Waals surface area contributed by atoms with E-state index in [0.717, 1.165) is 42.5 Å². The predicted molar refractivity (Wildman–Crippen MR) is 333 cm³/mol. The van der Waals surface area contributed by atoms with Gasteiger partial charge < -0.3 is 92.1 Å². The molecular formula is C56H95FN22O10. The third-order valence-corrected chi connectivity index (χ3v) is 14.7. The summed E-state index contributed by atoms with van der Waals surface area (Å²) in [7, 11) is 0. The van der Waals surface area contributed by atoms with Gasteiger partial charge in [-0.2, -0.15) is 0 Å². The number of aliphatic imine (C=N–C) groups is 3. The standard InChI is InChI=1S/C56H95FN22O10/c1-3-35(2)46(53(89)70-33-36(80)32-57)77-44(83)21-20-43(82)74-40(51(87)76-41(17-13-26-69-56(63)64)52(88)75-38(47(58)85)15-11-24-67-54(59)60)14-9-10-23-66-50(86)39(16-12-25-68-55(61)62)73-42(81)18-7-5-4-6-8-19-45(84)78-28-30-79(31-29-78)49-37-22-27-65-48(37)71-34-72-49/h22,27,34-35,38-41,46H,3-21,23-26,28-33H2,1-2H3,(H2,58,85)(H,66,86)(H,70,89)(H,73,81)(H,74,82)(H,75,88)(H,76,87)(H,77,83)(H4,59,60,67)(H4,61,62,68)(H4,63,64,69)(H,65,71,72)/t35-,38+,39+,40-,41+,46-/m0/s1. The van der Waals surface area contributed by atoms with E-state index in [-0.39, 0.29) is 114 Å². The van der Waals surface area contributed by atoms with E-state index in [1.165, 1.54) is 6.33 Å². The summed E-state index contributed by atoms with van der Waals surface area (Å²) in [5, 5.41) is 19.3. The lowest BCUT2D eigenvalue weighted by Crippen LogP contribution is -2.56. The molecule has 1 aliphatic rings. The number of anilines is 1. The highest BCUT2D eigenvalue weighted by Crippen LogP contribution is 2.23. The summed E-state index contributed by atoms with van der Waals surface area (Å²) < 4.78 is 12.8. The number of rotatable bonds is 44. The molecule has 33 heteroatoms. The van der Waals surface area contributed by atoms with Crippen molar-refractivity contribution in [2.24, 2.45) is 61.0 Å². The van der Waals surface area contributed by atoms with E-state index in [9.17, 15) is 52.3 Å². The van der Waals surface area contributed by atoms with Crippen LogP contribution in [0.25, 0.3) is 11.0 Å². The summed E-state index contributed by atoms with van der Waals surface area (Å²) >= 11 is 0. The number of unbranched alkanes of at least 4 members (excludes halogenated alkanes) is 5. The van der Waals surface area contributed by atoms with Crippen molar-refractivity contribution in [3.8, 4) is 0 Å². The number of halogens is 1. The van der Waals surface area contributed by atoms with Crippen molar-refractivity contribution in [2.45, 2.75) is 166 Å². The molecule has 89 heavy (non-hydrogen) atoms. The normalized spacial score (nSPS) is 14.1. The molecule has 22 N–H and O–H groups in total. The van der Waals surface area contributed by atoms with E-state index in [0.29, 0.717) is 51.9 Å². The summed E-state index contributed by atoms with van der Waals surface area (Å²) in [6.45, 7) is 4.58. The van der Waals surface area contributed by atoms with Gasteiger partial charge >= 0.3 is 0 Å². The Morgan fingerprint density at radius 1 is 0.573 bits per heavy atom. The molecule has 9 amide bonds. The van der Waals surface area contributed by atoms with Gasteiger partial charge in [0, 0.05) is 84.2 Å². The first-order chi connectivity index (χ1) is 42.5. The average molecular weight is 1260 g/mol. The van der Waals surface area contributed by atoms with Crippen LogP contribution in [-0.4, -0.2) is 192 Å². The van der Waals surface area contributed by atoms with Crippen LogP contribution >= 0.6 is 0 Å². The topological polar surface area (TPSA) is 522 Å². The van der Waals surface area contributed by atoms with Gasteiger partial charge in [0.25, 0.3) is 0 Å². The van der Waals surface area contributed by atoms with E-state index >= 15 is 0 Å². The summed E-state index contributed by atoms with van der Waals surface area (Å²) in [5.74, 6) is -6.35. The SMILES string of the molecule is CC[C@H](C)[C@H](NC(=O)CCC(=O)N[C@@H](CCCCNC(=O)[C@@H](CCCN=C(N)N)NC(=O)CCCCCCCC(=O)N1CCN(c2ncnc3[nH]ccc23)CC1)C(=O)N[C@H](CCCN=C(N)N)C(=O)N[C@H](CCCN=C(N)N)C(N)=O)C(=O)NCC(=O)CF. The average Bonchev–Trinajstić information content (AvgIpc) is 2.53. The van der Waals surface area contributed by atoms with Crippen LogP contribution in [0, 0.1) is 5.92 Å². The number of amides is 9. The second-order valence-corrected chi connectivity index (χ2v) is 21.8. The number of aromatic nitrogens is 3. The summed E-state index contributed by atoms with van der Waals surface area (Å²) in [6.07, 6.45) is 8.49. The number of H-pyrrole nitrogens is 1. The summed E-state index contributed by atoms with van der Waals surface area (Å²) in [4.78, 5) is 159. The number of guanidine groups is 3. The predicted octanol–water partition coefficient (Wildman–Crippen LogP) is -2.83. The Hall–Kier alpha value is -8.94. The van der Waals surface area contributed by atoms with Gasteiger partial charge in [0.15, 0.2) is 23.7 Å². The summed E-state index contributed by atoms with van der Waals surface area (Å²) in [5.41, 5.74) is 39.2. The minimum absolute atomic E-state index is 0.0420. The summed E-state index contributed by atoms with van der Waals surface area (Å²) in [6, 6.07) is -3.97. The van der Waals surface area contributed by atoms with Crippen molar-refractivity contribution in [1.29, 1.82) is 0 Å². The molecule has 0 spiro atoms. The Labute approximate surface area is 517 Å². The number of nitrogens with two attached hydrogens (primary N) is 7. The molecule has 1 saturated heterocycles. The van der Waals surface area contributed by atoms with Crippen LogP contribution in [-0.2, 0) is 47.9 Å². The maximum absolute atomic E-state index is 14.2. The number of aromatic amines is 1. The molecule has 3 heterocycles. The fourth-order valence-electron chi connectivity index (χ4n) is 9.53. The van der Waals surface area contributed by atoms with Gasteiger partial charge in [-0.05, 0) is 82.6 Å². The lowest BCUT2D eigenvalue weighted by molar-refractivity contribution is -0.134. The first-order valence-electron chi connectivity index (χ1n) is 30.4. The van der Waals surface area contributed by atoms with Gasteiger partial charge in [-0.15, -0.1) is 0 Å². The van der Waals surface area contributed by atoms with Gasteiger partial charge in [-0.25, -0.2) is 14.4 Å². The van der Waals surface area contributed by atoms with E-state index in [1.807, 2.05) is 17.2 Å². The number of nitrogens with zero attached hydrogens (tertiary/aromatic N) is 7. The molecule has 2 aromatic heterocycles. The third kappa shape index (κ3) is 29.5. The van der Waals surface area contributed by atoms with Crippen molar-refractivity contribution in [1.82, 2.24) is 57.1 Å². The van der Waals surface area contributed by atoms with Gasteiger partial charge in [-0.3, -0.25) is 62.9 Å². The zero-order chi connectivity index (χ0) is 65.7. The molecule has 496 valence electrons. The number of hydrogen-bond acceptors (Lipinski definition) is 16. The number of piperazine rings is 1. The largest absolute Gasteiger partial charge is 0.370 e. The van der Waals surface area contributed by atoms with Gasteiger partial charge in [0.1, 0.15) is 54.7 Å². The lowest BCUT2D eigenvalue weighted by Gasteiger charge is -2.35. The Balaban J connectivity index is 1.63. The van der Waals surface area contributed by atoms with Crippen LogP contribution in [0.2, 0.25) is 0 Å². The molecule has 0 saturated carbocycles. The Bertz CT molecular complexity index is 2710. The van der Waals surface area contributed by atoms with E-state index < -0.39 is 109 Å². The zero-order valence-corrected chi connectivity index (χ0v) is 51.3. The number of carbonyl (C=O) groups excluding carboxylic acids is 10. The molecule has 0 radical (unpaired) electrons. The molecule has 0 aliphatic carbocycles. The molecule has 0 unspecified atom stereocenters. The number of hydrogen-bond donors (Lipinski definition) is 15. The van der Waals surface area contributed by atoms with Crippen molar-refractivity contribution in [3.05, 3.63) is 18.6 Å². The van der Waals surface area contributed by atoms with Gasteiger partial charge in [-0.1, -0.05) is 39.5 Å². The number of nitrogens with one attached hydrogen (secondary N) is 8. The first-order valence-corrected chi connectivity index (χ1v) is 30.4. The minimum atomic E-state index is -1.34. The zero-order valence-electron chi connectivity index (χ0n) is 51.3. The highest BCUT2D eigenvalue weighted by Gasteiger charge is 2.31. The first kappa shape index (κ1) is 74.3. The van der Waals surface area contributed by atoms with E-state index in [4.69, 9.17) is 40.1 Å². The van der Waals surface area contributed by atoms with Crippen LogP contribution in [0.1, 0.15) is 136 Å². The van der Waals surface area contributed by atoms with E-state index in [2.05, 4.69) is 72.0 Å². The molecule has 0 bridgehead atoms. The number of primary amides is 1. The van der Waals surface area contributed by atoms with Crippen molar-refractivity contribution >= 4 is 93.7 Å². The van der Waals surface area contributed by atoms with E-state index in [1.54, 1.807) is 13.8 Å². The number of ketones is 1. The molecule has 32 nitrogen and oxygen atoms in total. The third-order valence-electron chi connectivity index (χ3n) is 14.7. The van der Waals surface area contributed by atoms with Crippen molar-refractivity contribution in [2.75, 3.05) is 70.5 Å². The van der Waals surface area contributed by atoms with Crippen LogP contribution in [0.3, 0.4) is 0 Å². The van der Waals surface area contributed by atoms with Crippen molar-refractivity contribution in [3.63, 3.8) is 0 Å². The van der Waals surface area contributed by atoms with Crippen LogP contribution < -0.4 is 82.3 Å². The van der Waals surface area contributed by atoms with Crippen LogP contribution in [0.4, 0.5) is 10.2 Å². The Morgan fingerprint density at radius 3 is 1.64 bits per heavy atom. The Kier molecular flexibility index (Phi) is 34.4. The lowest BCUT2D eigenvalue weighted by atomic mass is 9.98. The van der Waals surface area contributed by atoms with Gasteiger partial charge in [0.2, 0.25) is 53.2 Å². The molecule has 0 aromatic carbocycles. The smallest absolute Gasteiger partial charge is 0.243 e. The number of fused-ring (bicyclic) bond motifs is 1. The van der Waals surface area contributed by atoms with Crippen LogP contribution in [0.15, 0.2) is 33.6 Å². The van der Waals surface area contributed by atoms with Crippen molar-refractivity contribution < 1.29 is 52.3 Å². The maximum atomic E-state index is 14.2. The highest BCUT2D eigenvalue weighted by molar-refractivity contribution is 5.96. The fourth-order valence-corrected chi connectivity index (χ4v) is 9.53. The van der Waals surface area contributed by atoms with Crippen LogP contribution in [0.5, 0.6) is 0 Å². The van der Waals surface area contributed by atoms with Gasteiger partial charge in [0.05, 0.1) is 11.9 Å². The number of alkyl halides is 1.